The summed E-state index contributed by atoms with van der Waals surface area (Å²) in [7, 11) is 1.64. The second-order valence-corrected chi connectivity index (χ2v) is 8.10. The molecule has 1 aliphatic heterocycles. The highest BCUT2D eigenvalue weighted by Crippen LogP contribution is 2.25. The van der Waals surface area contributed by atoms with Crippen molar-refractivity contribution in [1.82, 2.24) is 15.2 Å². The average molecular weight is 409 g/mol. The molecule has 2 heterocycles. The number of nitrogens with one attached hydrogen (secondary N) is 1. The van der Waals surface area contributed by atoms with E-state index in [0.717, 1.165) is 60.5 Å². The number of likely N-dealkylation sites (tertiary alicyclic amines) is 1. The molecule has 0 radical (unpaired) electrons. The zero-order chi connectivity index (χ0) is 20.9. The van der Waals surface area contributed by atoms with E-state index in [4.69, 9.17) is 9.37 Å². The number of anilines is 1. The fraction of sp³-hybridized carbons (Fsp3) is 0.435. The van der Waals surface area contributed by atoms with Crippen LogP contribution in [0.5, 0.6) is 5.75 Å². The standard InChI is InChI=1S/C23H28N4O3/c1-16-12-19(29-2)7-9-20(16)24-23(28)10-6-17-4-3-11-27(14-17)15-18-5-8-21-22(13-18)26-30-25-21/h5,7-9,12-13,17H,3-4,6,10-11,14-15H2,1-2H3,(H,24,28)/t17-/m1/s1. The maximum atomic E-state index is 12.5. The number of nitrogens with zero attached hydrogens (tertiary/aromatic N) is 3. The zero-order valence-corrected chi connectivity index (χ0v) is 17.6. The number of benzene rings is 2. The highest BCUT2D eigenvalue weighted by atomic mass is 16.6. The molecule has 1 fully saturated rings. The van der Waals surface area contributed by atoms with E-state index in [1.807, 2.05) is 37.3 Å². The van der Waals surface area contributed by atoms with Crippen LogP contribution < -0.4 is 10.1 Å². The molecule has 0 spiro atoms. The molecule has 0 aliphatic carbocycles. The number of piperidine rings is 1. The molecule has 0 bridgehead atoms. The summed E-state index contributed by atoms with van der Waals surface area (Å²) in [6.45, 7) is 4.97. The third-order valence-corrected chi connectivity index (χ3v) is 5.81. The van der Waals surface area contributed by atoms with Crippen molar-refractivity contribution >= 4 is 22.6 Å². The molecule has 7 nitrogen and oxygen atoms in total. The highest BCUT2D eigenvalue weighted by Gasteiger charge is 2.21. The lowest BCUT2D eigenvalue weighted by molar-refractivity contribution is -0.116. The van der Waals surface area contributed by atoms with E-state index in [-0.39, 0.29) is 5.91 Å². The van der Waals surface area contributed by atoms with Gasteiger partial charge in [0.15, 0.2) is 0 Å². The number of fused-ring (bicyclic) bond motifs is 1. The quantitative estimate of drug-likeness (QED) is 0.632. The Balaban J connectivity index is 1.27. The zero-order valence-electron chi connectivity index (χ0n) is 17.6. The Hall–Kier alpha value is -2.93. The number of aryl methyl sites for hydroxylation is 1. The van der Waals surface area contributed by atoms with Gasteiger partial charge in [-0.1, -0.05) is 6.07 Å². The number of methoxy groups -OCH3 is 1. The van der Waals surface area contributed by atoms with Gasteiger partial charge in [0, 0.05) is 25.2 Å². The number of rotatable bonds is 7. The van der Waals surface area contributed by atoms with Gasteiger partial charge in [0.05, 0.1) is 7.11 Å². The van der Waals surface area contributed by atoms with Gasteiger partial charge in [-0.05, 0) is 90.4 Å². The van der Waals surface area contributed by atoms with Crippen molar-refractivity contribution in [2.24, 2.45) is 5.92 Å². The molecule has 1 saturated heterocycles. The first-order chi connectivity index (χ1) is 14.6. The average Bonchev–Trinajstić information content (AvgIpc) is 3.22. The molecular weight excluding hydrogens is 380 g/mol. The van der Waals surface area contributed by atoms with Crippen molar-refractivity contribution < 1.29 is 14.2 Å². The first-order valence-corrected chi connectivity index (χ1v) is 10.5. The number of carbonyl (C=O) groups is 1. The molecule has 3 aromatic rings. The summed E-state index contributed by atoms with van der Waals surface area (Å²) < 4.78 is 10.0. The second-order valence-electron chi connectivity index (χ2n) is 8.10. The van der Waals surface area contributed by atoms with Crippen LogP contribution >= 0.6 is 0 Å². The lowest BCUT2D eigenvalue weighted by Gasteiger charge is -2.32. The lowest BCUT2D eigenvalue weighted by atomic mass is 9.93. The second kappa shape index (κ2) is 9.26. The van der Waals surface area contributed by atoms with E-state index in [9.17, 15) is 4.79 Å². The summed E-state index contributed by atoms with van der Waals surface area (Å²) in [6.07, 6.45) is 3.79. The Bertz CT molecular complexity index is 1020. The van der Waals surface area contributed by atoms with Crippen molar-refractivity contribution in [2.45, 2.75) is 39.2 Å². The number of amides is 1. The molecular formula is C23H28N4O3. The van der Waals surface area contributed by atoms with E-state index in [2.05, 4.69) is 26.6 Å². The van der Waals surface area contributed by atoms with Crippen LogP contribution in [0.1, 0.15) is 36.8 Å². The van der Waals surface area contributed by atoms with Gasteiger partial charge in [-0.3, -0.25) is 9.69 Å². The van der Waals surface area contributed by atoms with Crippen LogP contribution in [0.3, 0.4) is 0 Å². The van der Waals surface area contributed by atoms with Gasteiger partial charge < -0.3 is 10.1 Å². The number of aromatic nitrogens is 2. The van der Waals surface area contributed by atoms with Gasteiger partial charge in [-0.25, -0.2) is 4.63 Å². The minimum Gasteiger partial charge on any atom is -0.497 e. The SMILES string of the molecule is COc1ccc(NC(=O)CC[C@H]2CCCN(Cc3ccc4nonc4c3)C2)c(C)c1. The summed E-state index contributed by atoms with van der Waals surface area (Å²) in [5.41, 5.74) is 4.65. The van der Waals surface area contributed by atoms with Crippen molar-refractivity contribution in [3.63, 3.8) is 0 Å². The highest BCUT2D eigenvalue weighted by molar-refractivity contribution is 5.91. The molecule has 0 unspecified atom stereocenters. The Morgan fingerprint density at radius 3 is 2.93 bits per heavy atom. The predicted octanol–water partition coefficient (Wildman–Crippen LogP) is 4.17. The van der Waals surface area contributed by atoms with Gasteiger partial charge in [0.2, 0.25) is 5.91 Å². The smallest absolute Gasteiger partial charge is 0.224 e. The third kappa shape index (κ3) is 4.97. The Kier molecular flexibility index (Phi) is 6.28. The Morgan fingerprint density at radius 2 is 2.10 bits per heavy atom. The Morgan fingerprint density at radius 1 is 1.23 bits per heavy atom. The van der Waals surface area contributed by atoms with Crippen LogP contribution in [0, 0.1) is 12.8 Å². The largest absolute Gasteiger partial charge is 0.497 e. The molecule has 2 aromatic carbocycles. The molecule has 1 atom stereocenters. The first kappa shape index (κ1) is 20.3. The predicted molar refractivity (Wildman–Crippen MR) is 115 cm³/mol. The van der Waals surface area contributed by atoms with Crippen LogP contribution in [0.25, 0.3) is 11.0 Å². The van der Waals surface area contributed by atoms with Crippen LogP contribution in [-0.4, -0.2) is 41.3 Å². The number of ether oxygens (including phenoxy) is 1. The van der Waals surface area contributed by atoms with Crippen molar-refractivity contribution in [3.05, 3.63) is 47.5 Å². The maximum absolute atomic E-state index is 12.5. The third-order valence-electron chi connectivity index (χ3n) is 5.81. The van der Waals surface area contributed by atoms with E-state index in [1.54, 1.807) is 7.11 Å². The minimum absolute atomic E-state index is 0.0735. The summed E-state index contributed by atoms with van der Waals surface area (Å²) in [5, 5.41) is 10.8. The van der Waals surface area contributed by atoms with Crippen LogP contribution in [0.15, 0.2) is 41.0 Å². The van der Waals surface area contributed by atoms with Gasteiger partial charge in [-0.2, -0.15) is 0 Å². The molecule has 7 heteroatoms. The maximum Gasteiger partial charge on any atom is 0.224 e. The summed E-state index contributed by atoms with van der Waals surface area (Å²) in [4.78, 5) is 14.9. The monoisotopic (exact) mass is 408 g/mol. The molecule has 1 aromatic heterocycles. The van der Waals surface area contributed by atoms with Crippen LogP contribution in [-0.2, 0) is 11.3 Å². The van der Waals surface area contributed by atoms with E-state index >= 15 is 0 Å². The van der Waals surface area contributed by atoms with Gasteiger partial charge in [0.1, 0.15) is 16.8 Å². The summed E-state index contributed by atoms with van der Waals surface area (Å²) in [5.74, 6) is 1.41. The molecule has 0 saturated carbocycles. The molecule has 4 rings (SSSR count). The van der Waals surface area contributed by atoms with Gasteiger partial charge in [-0.15, -0.1) is 0 Å². The van der Waals surface area contributed by atoms with E-state index < -0.39 is 0 Å². The molecule has 158 valence electrons. The molecule has 1 aliphatic rings. The van der Waals surface area contributed by atoms with Crippen molar-refractivity contribution in [2.75, 3.05) is 25.5 Å². The van der Waals surface area contributed by atoms with Gasteiger partial charge in [0.25, 0.3) is 0 Å². The number of carbonyl (C=O) groups excluding carboxylic acids is 1. The van der Waals surface area contributed by atoms with Gasteiger partial charge >= 0.3 is 0 Å². The number of hydrogen-bond donors (Lipinski definition) is 1. The van der Waals surface area contributed by atoms with E-state index in [0.29, 0.717) is 12.3 Å². The van der Waals surface area contributed by atoms with Crippen molar-refractivity contribution in [1.29, 1.82) is 0 Å². The summed E-state index contributed by atoms with van der Waals surface area (Å²) in [6, 6.07) is 11.8. The van der Waals surface area contributed by atoms with E-state index in [1.165, 1.54) is 12.0 Å². The van der Waals surface area contributed by atoms with Crippen LogP contribution in [0.4, 0.5) is 5.69 Å². The van der Waals surface area contributed by atoms with Crippen LogP contribution in [0.2, 0.25) is 0 Å². The topological polar surface area (TPSA) is 80.5 Å². The lowest BCUT2D eigenvalue weighted by Crippen LogP contribution is -2.35. The minimum atomic E-state index is 0.0735. The normalized spacial score (nSPS) is 17.2. The molecule has 1 amide bonds. The number of hydrogen-bond acceptors (Lipinski definition) is 6. The Labute approximate surface area is 176 Å². The fourth-order valence-electron chi connectivity index (χ4n) is 4.17. The van der Waals surface area contributed by atoms with Crippen molar-refractivity contribution in [3.8, 4) is 5.75 Å². The molecule has 1 N–H and O–H groups in total. The molecule has 30 heavy (non-hydrogen) atoms. The first-order valence-electron chi connectivity index (χ1n) is 10.5. The fourth-order valence-corrected chi connectivity index (χ4v) is 4.17. The summed E-state index contributed by atoms with van der Waals surface area (Å²) >= 11 is 0.